The summed E-state index contributed by atoms with van der Waals surface area (Å²) in [5.74, 6) is -0.304. The molecule has 2 aromatic carbocycles. The lowest BCUT2D eigenvalue weighted by molar-refractivity contribution is -0.119. The highest BCUT2D eigenvalue weighted by molar-refractivity contribution is 7.22. The number of carbonyl (C=O) groups excluding carboxylic acids is 1. The minimum atomic E-state index is -0.418. The highest BCUT2D eigenvalue weighted by atomic mass is 32.1. The first-order valence-corrected chi connectivity index (χ1v) is 9.69. The van der Waals surface area contributed by atoms with Crippen LogP contribution in [0.25, 0.3) is 10.2 Å². The molecule has 0 saturated heterocycles. The fourth-order valence-corrected chi connectivity index (χ4v) is 3.68. The third-order valence-corrected chi connectivity index (χ3v) is 5.16. The van der Waals surface area contributed by atoms with E-state index in [1.54, 1.807) is 6.21 Å². The molecule has 7 heteroatoms. The standard InChI is InChI=1S/C21H19N3O3S/c1-14-3-6-16(7-4-14)12-22-24(20(25)18-13-26-9-10-27-18)21-23-17-8-5-15(2)11-19(17)28-21/h3-8,11-13H,9-10H2,1-2H3/b22-12+. The van der Waals surface area contributed by atoms with Crippen molar-refractivity contribution in [3.63, 3.8) is 0 Å². The summed E-state index contributed by atoms with van der Waals surface area (Å²) in [6, 6.07) is 13.9. The summed E-state index contributed by atoms with van der Waals surface area (Å²) in [5.41, 5.74) is 4.00. The molecule has 0 radical (unpaired) electrons. The van der Waals surface area contributed by atoms with Gasteiger partial charge in [-0.05, 0) is 37.1 Å². The Kier molecular flexibility index (Phi) is 5.08. The number of hydrogen-bond acceptors (Lipinski definition) is 6. The van der Waals surface area contributed by atoms with Crippen LogP contribution in [-0.4, -0.2) is 30.3 Å². The summed E-state index contributed by atoms with van der Waals surface area (Å²) in [6.45, 7) is 4.79. The lowest BCUT2D eigenvalue weighted by atomic mass is 10.2. The molecule has 0 saturated carbocycles. The molecule has 1 amide bonds. The Bertz CT molecular complexity index is 1070. The van der Waals surface area contributed by atoms with Crippen molar-refractivity contribution in [3.05, 3.63) is 71.2 Å². The molecule has 3 aromatic rings. The lowest BCUT2D eigenvalue weighted by Gasteiger charge is -2.19. The summed E-state index contributed by atoms with van der Waals surface area (Å²) < 4.78 is 11.7. The van der Waals surface area contributed by atoms with E-state index < -0.39 is 5.91 Å². The van der Waals surface area contributed by atoms with Gasteiger partial charge < -0.3 is 9.47 Å². The zero-order chi connectivity index (χ0) is 19.5. The second-order valence-electron chi connectivity index (χ2n) is 6.44. The smallest absolute Gasteiger partial charge is 0.319 e. The van der Waals surface area contributed by atoms with E-state index in [-0.39, 0.29) is 5.76 Å². The summed E-state index contributed by atoms with van der Waals surface area (Å²) in [7, 11) is 0. The molecule has 0 aliphatic carbocycles. The number of anilines is 1. The summed E-state index contributed by atoms with van der Waals surface area (Å²) in [6.07, 6.45) is 2.97. The maximum absolute atomic E-state index is 13.0. The quantitative estimate of drug-likeness (QED) is 0.493. The highest BCUT2D eigenvalue weighted by Gasteiger charge is 2.26. The second-order valence-corrected chi connectivity index (χ2v) is 7.45. The number of amides is 1. The van der Waals surface area contributed by atoms with Gasteiger partial charge in [0.2, 0.25) is 10.9 Å². The van der Waals surface area contributed by atoms with Crippen LogP contribution in [0.3, 0.4) is 0 Å². The topological polar surface area (TPSA) is 64.0 Å². The number of benzene rings is 2. The van der Waals surface area contributed by atoms with Crippen LogP contribution in [0.4, 0.5) is 5.13 Å². The molecule has 0 N–H and O–H groups in total. The van der Waals surface area contributed by atoms with Crippen LogP contribution in [0.15, 0.2) is 59.6 Å². The maximum atomic E-state index is 13.0. The van der Waals surface area contributed by atoms with Crippen LogP contribution in [0.2, 0.25) is 0 Å². The van der Waals surface area contributed by atoms with Crippen LogP contribution in [0.5, 0.6) is 0 Å². The maximum Gasteiger partial charge on any atom is 0.319 e. The monoisotopic (exact) mass is 393 g/mol. The van der Waals surface area contributed by atoms with E-state index in [4.69, 9.17) is 9.47 Å². The third kappa shape index (κ3) is 3.89. The normalized spacial score (nSPS) is 13.9. The van der Waals surface area contributed by atoms with E-state index in [0.29, 0.717) is 18.3 Å². The van der Waals surface area contributed by atoms with Gasteiger partial charge in [-0.3, -0.25) is 4.79 Å². The molecule has 142 valence electrons. The Hall–Kier alpha value is -3.19. The van der Waals surface area contributed by atoms with E-state index >= 15 is 0 Å². The predicted octanol–water partition coefficient (Wildman–Crippen LogP) is 4.17. The summed E-state index contributed by atoms with van der Waals surface area (Å²) in [5, 5.41) is 6.16. The van der Waals surface area contributed by atoms with Crippen LogP contribution in [-0.2, 0) is 14.3 Å². The lowest BCUT2D eigenvalue weighted by Crippen LogP contribution is -2.30. The number of thiazole rings is 1. The molecule has 0 unspecified atom stereocenters. The molecular formula is C21H19N3O3S. The molecule has 1 aliphatic heterocycles. The average Bonchev–Trinajstić information content (AvgIpc) is 3.13. The highest BCUT2D eigenvalue weighted by Crippen LogP contribution is 2.31. The first-order valence-electron chi connectivity index (χ1n) is 8.87. The Balaban J connectivity index is 1.72. The van der Waals surface area contributed by atoms with E-state index in [2.05, 4.69) is 10.1 Å². The van der Waals surface area contributed by atoms with Gasteiger partial charge in [-0.25, -0.2) is 4.98 Å². The molecule has 6 nitrogen and oxygen atoms in total. The average molecular weight is 393 g/mol. The van der Waals surface area contributed by atoms with Crippen molar-refractivity contribution in [2.24, 2.45) is 5.10 Å². The molecule has 28 heavy (non-hydrogen) atoms. The molecule has 4 rings (SSSR count). The number of fused-ring (bicyclic) bond motifs is 1. The van der Waals surface area contributed by atoms with Gasteiger partial charge in [0.25, 0.3) is 0 Å². The molecule has 0 fully saturated rings. The van der Waals surface area contributed by atoms with Crippen molar-refractivity contribution in [1.29, 1.82) is 0 Å². The van der Waals surface area contributed by atoms with Gasteiger partial charge in [0.15, 0.2) is 0 Å². The molecule has 1 aliphatic rings. The minimum Gasteiger partial charge on any atom is -0.494 e. The van der Waals surface area contributed by atoms with E-state index in [0.717, 1.165) is 26.9 Å². The summed E-state index contributed by atoms with van der Waals surface area (Å²) >= 11 is 1.41. The van der Waals surface area contributed by atoms with Gasteiger partial charge in [-0.2, -0.15) is 10.1 Å². The number of aromatic nitrogens is 1. The van der Waals surface area contributed by atoms with Crippen molar-refractivity contribution in [2.45, 2.75) is 13.8 Å². The molecule has 0 atom stereocenters. The van der Waals surface area contributed by atoms with Crippen molar-refractivity contribution in [1.82, 2.24) is 4.98 Å². The molecule has 2 heterocycles. The Morgan fingerprint density at radius 1 is 1.14 bits per heavy atom. The zero-order valence-electron chi connectivity index (χ0n) is 15.6. The third-order valence-electron chi connectivity index (χ3n) is 4.17. The fourth-order valence-electron chi connectivity index (χ4n) is 2.66. The van der Waals surface area contributed by atoms with Crippen LogP contribution < -0.4 is 5.01 Å². The Morgan fingerprint density at radius 2 is 1.93 bits per heavy atom. The zero-order valence-corrected chi connectivity index (χ0v) is 16.4. The number of hydrogen-bond donors (Lipinski definition) is 0. The molecule has 1 aromatic heterocycles. The number of ether oxygens (including phenoxy) is 2. The van der Waals surface area contributed by atoms with E-state index in [1.807, 2.05) is 56.3 Å². The Morgan fingerprint density at radius 3 is 2.68 bits per heavy atom. The van der Waals surface area contributed by atoms with Crippen LogP contribution in [0, 0.1) is 13.8 Å². The van der Waals surface area contributed by atoms with Gasteiger partial charge in [-0.1, -0.05) is 47.2 Å². The molecular weight excluding hydrogens is 374 g/mol. The fraction of sp³-hybridized carbons (Fsp3) is 0.190. The number of nitrogens with zero attached hydrogens (tertiary/aromatic N) is 3. The number of rotatable bonds is 4. The van der Waals surface area contributed by atoms with Gasteiger partial charge in [0, 0.05) is 0 Å². The van der Waals surface area contributed by atoms with Crippen LogP contribution >= 0.6 is 11.3 Å². The van der Waals surface area contributed by atoms with Gasteiger partial charge in [-0.15, -0.1) is 0 Å². The van der Waals surface area contributed by atoms with Gasteiger partial charge in [0.1, 0.15) is 19.5 Å². The van der Waals surface area contributed by atoms with E-state index in [9.17, 15) is 4.79 Å². The Labute approximate surface area is 166 Å². The predicted molar refractivity (Wildman–Crippen MR) is 111 cm³/mol. The van der Waals surface area contributed by atoms with Gasteiger partial charge in [0.05, 0.1) is 16.4 Å². The van der Waals surface area contributed by atoms with Gasteiger partial charge >= 0.3 is 5.91 Å². The number of aryl methyl sites for hydroxylation is 2. The summed E-state index contributed by atoms with van der Waals surface area (Å²) in [4.78, 5) is 17.6. The van der Waals surface area contributed by atoms with Crippen molar-refractivity contribution in [2.75, 3.05) is 18.2 Å². The number of hydrazone groups is 1. The molecule has 0 bridgehead atoms. The van der Waals surface area contributed by atoms with Crippen molar-refractivity contribution in [3.8, 4) is 0 Å². The second kappa shape index (κ2) is 7.82. The number of carbonyl (C=O) groups is 1. The van der Waals surface area contributed by atoms with Crippen molar-refractivity contribution >= 4 is 38.8 Å². The van der Waals surface area contributed by atoms with Crippen molar-refractivity contribution < 1.29 is 14.3 Å². The van der Waals surface area contributed by atoms with Crippen LogP contribution in [0.1, 0.15) is 16.7 Å². The SMILES string of the molecule is Cc1ccc(/C=N/N(C(=O)C2=COCCO2)c2nc3ccc(C)cc3s2)cc1. The largest absolute Gasteiger partial charge is 0.494 e. The van der Waals surface area contributed by atoms with E-state index in [1.165, 1.54) is 22.6 Å². The minimum absolute atomic E-state index is 0.114. The molecule has 0 spiro atoms. The first-order chi connectivity index (χ1) is 13.6. The first kappa shape index (κ1) is 18.2.